The van der Waals surface area contributed by atoms with E-state index in [0.717, 1.165) is 24.2 Å². The fourth-order valence-electron chi connectivity index (χ4n) is 3.88. The molecule has 8 heteroatoms. The van der Waals surface area contributed by atoms with E-state index in [0.29, 0.717) is 23.7 Å². The Hall–Kier alpha value is -2.28. The molecule has 7 nitrogen and oxygen atoms in total. The molecule has 2 atom stereocenters. The van der Waals surface area contributed by atoms with Gasteiger partial charge in [0.25, 0.3) is 5.91 Å². The molecule has 2 aliphatic rings. The topological polar surface area (TPSA) is 79.0 Å². The molecule has 1 N–H and O–H groups in total. The molecule has 0 radical (unpaired) electrons. The van der Waals surface area contributed by atoms with E-state index in [1.807, 2.05) is 6.92 Å². The lowest BCUT2D eigenvalue weighted by molar-refractivity contribution is -0.140. The van der Waals surface area contributed by atoms with Crippen molar-refractivity contribution in [2.75, 3.05) is 26.7 Å². The van der Waals surface area contributed by atoms with Gasteiger partial charge < -0.3 is 15.0 Å². The van der Waals surface area contributed by atoms with E-state index >= 15 is 0 Å². The SMILES string of the molecule is CC1CCCCC12NC(=O)N(CC(=O)N(C)CCOc1cccc(Cl)c1)C2=O. The van der Waals surface area contributed by atoms with E-state index in [9.17, 15) is 14.4 Å². The lowest BCUT2D eigenvalue weighted by Crippen LogP contribution is -2.54. The van der Waals surface area contributed by atoms with E-state index in [2.05, 4.69) is 5.32 Å². The van der Waals surface area contributed by atoms with E-state index in [1.165, 1.54) is 4.90 Å². The number of nitrogens with zero attached hydrogens (tertiary/aromatic N) is 2. The van der Waals surface area contributed by atoms with E-state index in [4.69, 9.17) is 16.3 Å². The maximum absolute atomic E-state index is 12.9. The third kappa shape index (κ3) is 4.09. The molecule has 4 amide bonds. The molecule has 152 valence electrons. The lowest BCUT2D eigenvalue weighted by atomic mass is 9.73. The molecule has 1 aliphatic heterocycles. The van der Waals surface area contributed by atoms with Crippen LogP contribution in [-0.2, 0) is 9.59 Å². The minimum atomic E-state index is -0.843. The summed E-state index contributed by atoms with van der Waals surface area (Å²) in [5.41, 5.74) is -0.843. The Morgan fingerprint density at radius 1 is 1.39 bits per heavy atom. The minimum absolute atomic E-state index is 0.0710. The molecule has 28 heavy (non-hydrogen) atoms. The van der Waals surface area contributed by atoms with Crippen LogP contribution in [0.1, 0.15) is 32.6 Å². The van der Waals surface area contributed by atoms with Crippen LogP contribution in [0.4, 0.5) is 4.79 Å². The molecule has 1 aromatic carbocycles. The standard InChI is InChI=1S/C20H26ClN3O4/c1-14-6-3-4-9-20(14)18(26)24(19(27)22-20)13-17(25)23(2)10-11-28-16-8-5-7-15(21)12-16/h5,7-8,12,14H,3-4,6,9-11,13H2,1-2H3,(H,22,27). The number of carbonyl (C=O) groups excluding carboxylic acids is 3. The summed E-state index contributed by atoms with van der Waals surface area (Å²) >= 11 is 5.91. The lowest BCUT2D eigenvalue weighted by Gasteiger charge is -2.36. The van der Waals surface area contributed by atoms with Crippen LogP contribution in [0, 0.1) is 5.92 Å². The van der Waals surface area contributed by atoms with Crippen molar-refractivity contribution in [1.29, 1.82) is 0 Å². The summed E-state index contributed by atoms with van der Waals surface area (Å²) in [4.78, 5) is 40.3. The molecule has 1 saturated heterocycles. The molecule has 2 unspecified atom stereocenters. The molecule has 1 spiro atoms. The Morgan fingerprint density at radius 2 is 2.18 bits per heavy atom. The highest BCUT2D eigenvalue weighted by atomic mass is 35.5. The van der Waals surface area contributed by atoms with Crippen molar-refractivity contribution in [3.05, 3.63) is 29.3 Å². The van der Waals surface area contributed by atoms with Crippen LogP contribution >= 0.6 is 11.6 Å². The molecular formula is C20H26ClN3O4. The number of amides is 4. The van der Waals surface area contributed by atoms with Crippen LogP contribution in [-0.4, -0.2) is 59.9 Å². The summed E-state index contributed by atoms with van der Waals surface area (Å²) in [5, 5.41) is 3.44. The number of hydrogen-bond donors (Lipinski definition) is 1. The smallest absolute Gasteiger partial charge is 0.325 e. The van der Waals surface area contributed by atoms with Gasteiger partial charge in [0.2, 0.25) is 5.91 Å². The summed E-state index contributed by atoms with van der Waals surface area (Å²) < 4.78 is 5.59. The van der Waals surface area contributed by atoms with Gasteiger partial charge in [-0.2, -0.15) is 0 Å². The number of likely N-dealkylation sites (N-methyl/N-ethyl adjacent to an activating group) is 1. The van der Waals surface area contributed by atoms with Crippen molar-refractivity contribution in [2.45, 2.75) is 38.1 Å². The monoisotopic (exact) mass is 407 g/mol. The number of carbonyl (C=O) groups is 3. The second-order valence-corrected chi connectivity index (χ2v) is 8.00. The largest absolute Gasteiger partial charge is 0.492 e. The number of hydrogen-bond acceptors (Lipinski definition) is 4. The average Bonchev–Trinajstić information content (AvgIpc) is 2.89. The molecule has 2 fully saturated rings. The van der Waals surface area contributed by atoms with Crippen molar-refractivity contribution in [2.24, 2.45) is 5.92 Å². The molecule has 1 aromatic rings. The first-order chi connectivity index (χ1) is 13.3. The van der Waals surface area contributed by atoms with Gasteiger partial charge in [-0.05, 0) is 37.0 Å². The number of nitrogens with one attached hydrogen (secondary N) is 1. The van der Waals surface area contributed by atoms with Gasteiger partial charge in [-0.3, -0.25) is 14.5 Å². The van der Waals surface area contributed by atoms with Gasteiger partial charge >= 0.3 is 6.03 Å². The second kappa shape index (κ2) is 8.39. The minimum Gasteiger partial charge on any atom is -0.492 e. The van der Waals surface area contributed by atoms with Gasteiger partial charge in [0.1, 0.15) is 24.4 Å². The zero-order valence-corrected chi connectivity index (χ0v) is 17.0. The Morgan fingerprint density at radius 3 is 2.89 bits per heavy atom. The summed E-state index contributed by atoms with van der Waals surface area (Å²) in [6.45, 7) is 2.34. The van der Waals surface area contributed by atoms with Crippen LogP contribution in [0.3, 0.4) is 0 Å². The number of imide groups is 1. The zero-order valence-electron chi connectivity index (χ0n) is 16.2. The fraction of sp³-hybridized carbons (Fsp3) is 0.550. The predicted molar refractivity (Wildman–Crippen MR) is 105 cm³/mol. The number of halogens is 1. The summed E-state index contributed by atoms with van der Waals surface area (Å²) in [5.74, 6) is 0.109. The number of urea groups is 1. The molecule has 1 saturated carbocycles. The van der Waals surface area contributed by atoms with Crippen molar-refractivity contribution >= 4 is 29.4 Å². The summed E-state index contributed by atoms with van der Waals surface area (Å²) in [6.07, 6.45) is 3.49. The Kier molecular flexibility index (Phi) is 6.13. The quantitative estimate of drug-likeness (QED) is 0.735. The number of benzene rings is 1. The highest BCUT2D eigenvalue weighted by Gasteiger charge is 2.55. The second-order valence-electron chi connectivity index (χ2n) is 7.56. The van der Waals surface area contributed by atoms with Gasteiger partial charge in [0, 0.05) is 12.1 Å². The first-order valence-corrected chi connectivity index (χ1v) is 9.98. The van der Waals surface area contributed by atoms with Crippen LogP contribution in [0.2, 0.25) is 5.02 Å². The number of ether oxygens (including phenoxy) is 1. The maximum atomic E-state index is 12.9. The van der Waals surface area contributed by atoms with Gasteiger partial charge in [0.05, 0.1) is 6.54 Å². The molecule has 0 aromatic heterocycles. The third-order valence-electron chi connectivity index (χ3n) is 5.71. The van der Waals surface area contributed by atoms with Crippen molar-refractivity contribution in [3.8, 4) is 5.75 Å². The Bertz CT molecular complexity index is 772. The average molecular weight is 408 g/mol. The highest BCUT2D eigenvalue weighted by molar-refractivity contribution is 6.30. The van der Waals surface area contributed by atoms with Crippen molar-refractivity contribution in [3.63, 3.8) is 0 Å². The van der Waals surface area contributed by atoms with Gasteiger partial charge in [-0.1, -0.05) is 37.4 Å². The summed E-state index contributed by atoms with van der Waals surface area (Å²) in [6, 6.07) is 6.54. The van der Waals surface area contributed by atoms with Gasteiger partial charge in [0.15, 0.2) is 0 Å². The van der Waals surface area contributed by atoms with Crippen molar-refractivity contribution in [1.82, 2.24) is 15.1 Å². The van der Waals surface area contributed by atoms with E-state index in [1.54, 1.807) is 31.3 Å². The van der Waals surface area contributed by atoms with Crippen LogP contribution in [0.15, 0.2) is 24.3 Å². The Balaban J connectivity index is 1.53. The maximum Gasteiger partial charge on any atom is 0.325 e. The molecule has 1 heterocycles. The molecular weight excluding hydrogens is 382 g/mol. The molecule has 0 bridgehead atoms. The molecule has 1 aliphatic carbocycles. The first-order valence-electron chi connectivity index (χ1n) is 9.60. The third-order valence-corrected chi connectivity index (χ3v) is 5.95. The highest BCUT2D eigenvalue weighted by Crippen LogP contribution is 2.38. The molecule has 3 rings (SSSR count). The first kappa shape index (κ1) is 20.5. The van der Waals surface area contributed by atoms with Crippen LogP contribution in [0.5, 0.6) is 5.75 Å². The van der Waals surface area contributed by atoms with E-state index < -0.39 is 11.6 Å². The van der Waals surface area contributed by atoms with Crippen LogP contribution < -0.4 is 10.1 Å². The fourth-order valence-corrected chi connectivity index (χ4v) is 4.06. The van der Waals surface area contributed by atoms with Gasteiger partial charge in [-0.15, -0.1) is 0 Å². The van der Waals surface area contributed by atoms with Crippen molar-refractivity contribution < 1.29 is 19.1 Å². The normalized spacial score (nSPS) is 24.4. The van der Waals surface area contributed by atoms with Crippen LogP contribution in [0.25, 0.3) is 0 Å². The Labute approximate surface area is 169 Å². The zero-order chi connectivity index (χ0) is 20.3. The number of rotatable bonds is 6. The predicted octanol–water partition coefficient (Wildman–Crippen LogP) is 2.68. The van der Waals surface area contributed by atoms with E-state index in [-0.39, 0.29) is 30.9 Å². The summed E-state index contributed by atoms with van der Waals surface area (Å²) in [7, 11) is 1.63. The van der Waals surface area contributed by atoms with Gasteiger partial charge in [-0.25, -0.2) is 4.79 Å².